The van der Waals surface area contributed by atoms with Crippen LogP contribution in [0.25, 0.3) is 5.52 Å². The molecule has 18 heavy (non-hydrogen) atoms. The van der Waals surface area contributed by atoms with Crippen LogP contribution >= 0.6 is 0 Å². The molecule has 0 bridgehead atoms. The van der Waals surface area contributed by atoms with Gasteiger partial charge in [0.1, 0.15) is 5.82 Å². The van der Waals surface area contributed by atoms with E-state index in [4.69, 9.17) is 5.73 Å². The summed E-state index contributed by atoms with van der Waals surface area (Å²) >= 11 is 0. The topological polar surface area (TPSA) is 80.6 Å². The Morgan fingerprint density at radius 1 is 1.50 bits per heavy atom. The average molecular weight is 245 g/mol. The lowest BCUT2D eigenvalue weighted by molar-refractivity contribution is 0.0692. The molecule has 2 aromatic rings. The molecular formula is C13H15N3O2. The molecule has 0 saturated heterocycles. The molecule has 0 atom stereocenters. The Hall–Kier alpha value is -1.88. The number of fused-ring (bicyclic) bond motifs is 1. The van der Waals surface area contributed by atoms with E-state index in [1.54, 1.807) is 6.07 Å². The Morgan fingerprint density at radius 2 is 2.28 bits per heavy atom. The van der Waals surface area contributed by atoms with Gasteiger partial charge in [-0.3, -0.25) is 0 Å². The number of nitrogens with two attached hydrogens (primary N) is 1. The van der Waals surface area contributed by atoms with E-state index >= 15 is 0 Å². The van der Waals surface area contributed by atoms with E-state index in [1.165, 1.54) is 0 Å². The van der Waals surface area contributed by atoms with Gasteiger partial charge in [0.05, 0.1) is 5.52 Å². The molecule has 5 heteroatoms. The third-order valence-electron chi connectivity index (χ3n) is 3.93. The molecular weight excluding hydrogens is 230 g/mol. The van der Waals surface area contributed by atoms with Crippen molar-refractivity contribution >= 4 is 11.5 Å². The Balaban J connectivity index is 2.27. The summed E-state index contributed by atoms with van der Waals surface area (Å²) in [6, 6.07) is 5.48. The fraction of sp³-hybridized carbons (Fsp3) is 0.385. The van der Waals surface area contributed by atoms with Crippen molar-refractivity contribution in [2.45, 2.75) is 24.7 Å². The fourth-order valence-corrected chi connectivity index (χ4v) is 2.69. The minimum atomic E-state index is -0.989. The summed E-state index contributed by atoms with van der Waals surface area (Å²) in [5.74, 6) is -0.194. The molecule has 1 aliphatic carbocycles. The Bertz CT molecular complexity index is 608. The number of aromatic carboxylic acids is 1. The third-order valence-corrected chi connectivity index (χ3v) is 3.93. The van der Waals surface area contributed by atoms with E-state index in [9.17, 15) is 9.90 Å². The van der Waals surface area contributed by atoms with Crippen LogP contribution in [-0.2, 0) is 5.41 Å². The number of rotatable bonds is 3. The molecule has 2 aromatic heterocycles. The first kappa shape index (κ1) is 11.2. The monoisotopic (exact) mass is 245 g/mol. The molecule has 0 radical (unpaired) electrons. The maximum Gasteiger partial charge on any atom is 0.356 e. The summed E-state index contributed by atoms with van der Waals surface area (Å²) in [5, 5.41) is 9.22. The van der Waals surface area contributed by atoms with E-state index in [1.807, 2.05) is 22.7 Å². The van der Waals surface area contributed by atoms with Crippen LogP contribution in [0.1, 0.15) is 35.6 Å². The largest absolute Gasteiger partial charge is 0.476 e. The minimum Gasteiger partial charge on any atom is -0.476 e. The predicted molar refractivity (Wildman–Crippen MR) is 66.7 cm³/mol. The van der Waals surface area contributed by atoms with Crippen molar-refractivity contribution < 1.29 is 9.90 Å². The van der Waals surface area contributed by atoms with Gasteiger partial charge in [-0.1, -0.05) is 12.5 Å². The molecule has 0 unspecified atom stereocenters. The van der Waals surface area contributed by atoms with Crippen LogP contribution in [0.5, 0.6) is 0 Å². The first-order chi connectivity index (χ1) is 8.68. The normalized spacial score (nSPS) is 17.6. The van der Waals surface area contributed by atoms with Crippen molar-refractivity contribution in [1.82, 2.24) is 9.38 Å². The Labute approximate surface area is 104 Å². The SMILES string of the molecule is NCC1(c2nc(C(=O)O)c3ccccn23)CCC1. The van der Waals surface area contributed by atoms with Crippen molar-refractivity contribution in [3.8, 4) is 0 Å². The standard InChI is InChI=1S/C13H15N3O2/c14-8-13(5-3-6-13)12-15-10(11(17)18)9-4-1-2-7-16(9)12/h1-2,4,7H,3,5-6,8,14H2,(H,17,18). The van der Waals surface area contributed by atoms with E-state index in [2.05, 4.69) is 4.98 Å². The quantitative estimate of drug-likeness (QED) is 0.856. The maximum atomic E-state index is 11.2. The van der Waals surface area contributed by atoms with Crippen LogP contribution in [0, 0.1) is 0 Å². The smallest absolute Gasteiger partial charge is 0.356 e. The van der Waals surface area contributed by atoms with Gasteiger partial charge in [0.25, 0.3) is 0 Å². The second-order valence-corrected chi connectivity index (χ2v) is 4.88. The number of aromatic nitrogens is 2. The van der Waals surface area contributed by atoms with Crippen LogP contribution in [-0.4, -0.2) is 27.0 Å². The third kappa shape index (κ3) is 1.37. The second kappa shape index (κ2) is 3.81. The highest BCUT2D eigenvalue weighted by molar-refractivity contribution is 5.93. The summed E-state index contributed by atoms with van der Waals surface area (Å²) in [7, 11) is 0. The molecule has 1 saturated carbocycles. The lowest BCUT2D eigenvalue weighted by Gasteiger charge is -2.39. The highest BCUT2D eigenvalue weighted by Crippen LogP contribution is 2.42. The summed E-state index contributed by atoms with van der Waals surface area (Å²) in [6.07, 6.45) is 4.95. The van der Waals surface area contributed by atoms with Crippen LogP contribution in [0.15, 0.2) is 24.4 Å². The summed E-state index contributed by atoms with van der Waals surface area (Å²) in [4.78, 5) is 15.6. The van der Waals surface area contributed by atoms with Gasteiger partial charge >= 0.3 is 5.97 Å². The van der Waals surface area contributed by atoms with Gasteiger partial charge in [0, 0.05) is 18.2 Å². The highest BCUT2D eigenvalue weighted by atomic mass is 16.4. The summed E-state index contributed by atoms with van der Waals surface area (Å²) in [6.45, 7) is 0.514. The lowest BCUT2D eigenvalue weighted by Crippen LogP contribution is -2.43. The van der Waals surface area contributed by atoms with Gasteiger partial charge in [0.2, 0.25) is 0 Å². The number of hydrogen-bond acceptors (Lipinski definition) is 3. The van der Waals surface area contributed by atoms with Crippen molar-refractivity contribution in [3.63, 3.8) is 0 Å². The number of hydrogen-bond donors (Lipinski definition) is 2. The molecule has 94 valence electrons. The molecule has 1 aliphatic rings. The molecule has 0 amide bonds. The first-order valence-electron chi connectivity index (χ1n) is 6.09. The van der Waals surface area contributed by atoms with E-state index in [0.717, 1.165) is 25.1 Å². The molecule has 2 heterocycles. The van der Waals surface area contributed by atoms with Crippen LogP contribution < -0.4 is 5.73 Å². The first-order valence-corrected chi connectivity index (χ1v) is 6.09. The van der Waals surface area contributed by atoms with Gasteiger partial charge in [-0.05, 0) is 25.0 Å². The number of carboxylic acids is 1. The van der Waals surface area contributed by atoms with Crippen LogP contribution in [0.3, 0.4) is 0 Å². The number of nitrogens with zero attached hydrogens (tertiary/aromatic N) is 2. The van der Waals surface area contributed by atoms with E-state index in [-0.39, 0.29) is 11.1 Å². The minimum absolute atomic E-state index is 0.116. The fourth-order valence-electron chi connectivity index (χ4n) is 2.69. The average Bonchev–Trinajstić information content (AvgIpc) is 2.69. The van der Waals surface area contributed by atoms with Crippen molar-refractivity contribution in [3.05, 3.63) is 35.9 Å². The maximum absolute atomic E-state index is 11.2. The number of pyridine rings is 1. The molecule has 3 rings (SSSR count). The Morgan fingerprint density at radius 3 is 2.83 bits per heavy atom. The predicted octanol–water partition coefficient (Wildman–Crippen LogP) is 1.41. The number of carboxylic acid groups (broad SMARTS) is 1. The van der Waals surface area contributed by atoms with Crippen molar-refractivity contribution in [1.29, 1.82) is 0 Å². The van der Waals surface area contributed by atoms with Gasteiger partial charge in [-0.2, -0.15) is 0 Å². The molecule has 1 fully saturated rings. The number of imidazole rings is 1. The highest BCUT2D eigenvalue weighted by Gasteiger charge is 2.41. The van der Waals surface area contributed by atoms with Crippen LogP contribution in [0.4, 0.5) is 0 Å². The number of carbonyl (C=O) groups is 1. The van der Waals surface area contributed by atoms with E-state index in [0.29, 0.717) is 12.1 Å². The summed E-state index contributed by atoms with van der Waals surface area (Å²) < 4.78 is 1.87. The van der Waals surface area contributed by atoms with Gasteiger partial charge in [0.15, 0.2) is 5.69 Å². The zero-order valence-electron chi connectivity index (χ0n) is 9.97. The molecule has 0 aromatic carbocycles. The molecule has 0 aliphatic heterocycles. The van der Waals surface area contributed by atoms with Gasteiger partial charge < -0.3 is 15.2 Å². The van der Waals surface area contributed by atoms with Crippen LogP contribution in [0.2, 0.25) is 0 Å². The molecule has 3 N–H and O–H groups in total. The zero-order chi connectivity index (χ0) is 12.8. The van der Waals surface area contributed by atoms with Gasteiger partial charge in [-0.25, -0.2) is 9.78 Å². The second-order valence-electron chi connectivity index (χ2n) is 4.88. The van der Waals surface area contributed by atoms with Gasteiger partial charge in [-0.15, -0.1) is 0 Å². The lowest BCUT2D eigenvalue weighted by atomic mass is 9.68. The molecule has 5 nitrogen and oxygen atoms in total. The Kier molecular flexibility index (Phi) is 2.38. The zero-order valence-corrected chi connectivity index (χ0v) is 9.97. The molecule has 0 spiro atoms. The van der Waals surface area contributed by atoms with E-state index < -0.39 is 5.97 Å². The van der Waals surface area contributed by atoms with Crippen molar-refractivity contribution in [2.75, 3.05) is 6.54 Å². The van der Waals surface area contributed by atoms with Crippen molar-refractivity contribution in [2.24, 2.45) is 5.73 Å². The summed E-state index contributed by atoms with van der Waals surface area (Å²) in [5.41, 5.74) is 6.49.